The average Bonchev–Trinajstić information content (AvgIpc) is 3.18. The lowest BCUT2D eigenvalue weighted by molar-refractivity contribution is 0.0923. The highest BCUT2D eigenvalue weighted by Crippen LogP contribution is 2.19. The molecule has 0 aliphatic heterocycles. The van der Waals surface area contributed by atoms with E-state index in [0.717, 1.165) is 5.56 Å². The third kappa shape index (κ3) is 5.90. The first kappa shape index (κ1) is 20.6. The minimum atomic E-state index is -0.547. The zero-order valence-electron chi connectivity index (χ0n) is 15.0. The summed E-state index contributed by atoms with van der Waals surface area (Å²) < 4.78 is 11.3. The van der Waals surface area contributed by atoms with Crippen LogP contribution in [0.15, 0.2) is 75.8 Å². The maximum atomic E-state index is 12.5. The van der Waals surface area contributed by atoms with Gasteiger partial charge in [0.1, 0.15) is 12.4 Å². The van der Waals surface area contributed by atoms with E-state index in [-0.39, 0.29) is 10.9 Å². The van der Waals surface area contributed by atoms with E-state index in [1.807, 2.05) is 30.3 Å². The Labute approximate surface area is 180 Å². The first-order chi connectivity index (χ1) is 14.0. The number of halogens is 1. The van der Waals surface area contributed by atoms with Gasteiger partial charge in [-0.15, -0.1) is 0 Å². The summed E-state index contributed by atoms with van der Waals surface area (Å²) in [6.07, 6.45) is 0. The molecule has 0 aliphatic carbocycles. The summed E-state index contributed by atoms with van der Waals surface area (Å²) in [5.74, 6) is -0.516. The molecule has 9 heteroatoms. The highest BCUT2D eigenvalue weighted by molar-refractivity contribution is 9.10. The van der Waals surface area contributed by atoms with Gasteiger partial charge in [-0.25, -0.2) is 0 Å². The molecule has 148 valence electrons. The first-order valence-electron chi connectivity index (χ1n) is 8.45. The summed E-state index contributed by atoms with van der Waals surface area (Å²) >= 11 is 8.12. The Morgan fingerprint density at radius 1 is 0.931 bits per heavy atom. The second-order valence-corrected chi connectivity index (χ2v) is 6.93. The molecule has 0 saturated carbocycles. The number of hydrazine groups is 1. The van der Waals surface area contributed by atoms with Gasteiger partial charge in [0, 0.05) is 0 Å². The minimum Gasteiger partial charge on any atom is -0.488 e. The van der Waals surface area contributed by atoms with E-state index in [0.29, 0.717) is 22.6 Å². The van der Waals surface area contributed by atoms with Crippen LogP contribution in [-0.2, 0) is 6.61 Å². The summed E-state index contributed by atoms with van der Waals surface area (Å²) in [5.41, 5.74) is 6.22. The molecule has 0 atom stereocenters. The molecule has 0 saturated heterocycles. The fourth-order valence-electron chi connectivity index (χ4n) is 2.33. The number of hydrogen-bond donors (Lipinski definition) is 3. The van der Waals surface area contributed by atoms with E-state index >= 15 is 0 Å². The predicted molar refractivity (Wildman–Crippen MR) is 114 cm³/mol. The molecule has 0 fully saturated rings. The van der Waals surface area contributed by atoms with Crippen LogP contribution in [0.4, 0.5) is 0 Å². The number of hydrogen-bond acceptors (Lipinski definition) is 5. The standard InChI is InChI=1S/C20H16BrN3O4S/c21-17-11-10-16(28-17)19(26)22-20(29)24-23-18(25)14-8-4-5-9-15(14)27-12-13-6-2-1-3-7-13/h1-11H,12H2,(H,23,25)(H2,22,24,26,29). The van der Waals surface area contributed by atoms with E-state index in [4.69, 9.17) is 21.4 Å². The molecule has 1 aromatic heterocycles. The van der Waals surface area contributed by atoms with E-state index in [9.17, 15) is 9.59 Å². The van der Waals surface area contributed by atoms with Crippen molar-refractivity contribution in [1.29, 1.82) is 0 Å². The van der Waals surface area contributed by atoms with E-state index in [1.165, 1.54) is 6.07 Å². The quantitative estimate of drug-likeness (QED) is 0.387. The second-order valence-electron chi connectivity index (χ2n) is 5.74. The summed E-state index contributed by atoms with van der Waals surface area (Å²) in [5, 5.41) is 2.31. The number of para-hydroxylation sites is 1. The summed E-state index contributed by atoms with van der Waals surface area (Å²) in [6, 6.07) is 19.5. The number of benzene rings is 2. The smallest absolute Gasteiger partial charge is 0.293 e. The first-order valence-corrected chi connectivity index (χ1v) is 9.66. The Hall–Kier alpha value is -3.17. The fraction of sp³-hybridized carbons (Fsp3) is 0.0500. The highest BCUT2D eigenvalue weighted by atomic mass is 79.9. The lowest BCUT2D eigenvalue weighted by Gasteiger charge is -2.13. The molecule has 2 amide bonds. The van der Waals surface area contributed by atoms with Crippen LogP contribution in [0.1, 0.15) is 26.5 Å². The average molecular weight is 474 g/mol. The molecule has 29 heavy (non-hydrogen) atoms. The van der Waals surface area contributed by atoms with Crippen LogP contribution >= 0.6 is 28.1 Å². The van der Waals surface area contributed by atoms with Crippen molar-refractivity contribution in [2.45, 2.75) is 6.61 Å². The molecule has 3 rings (SSSR count). The van der Waals surface area contributed by atoms with Crippen molar-refractivity contribution in [3.8, 4) is 5.75 Å². The Bertz CT molecular complexity index is 1020. The van der Waals surface area contributed by atoms with Gasteiger partial charge < -0.3 is 9.15 Å². The monoisotopic (exact) mass is 473 g/mol. The number of carbonyl (C=O) groups is 2. The summed E-state index contributed by atoms with van der Waals surface area (Å²) in [4.78, 5) is 24.5. The predicted octanol–water partition coefficient (Wildman–Crippen LogP) is 3.57. The number of thiocarbonyl (C=S) groups is 1. The lowest BCUT2D eigenvalue weighted by atomic mass is 10.2. The number of ether oxygens (including phenoxy) is 1. The molecule has 7 nitrogen and oxygen atoms in total. The Kier molecular flexibility index (Phi) is 6.99. The fourth-order valence-corrected chi connectivity index (χ4v) is 2.78. The van der Waals surface area contributed by atoms with E-state index in [2.05, 4.69) is 32.1 Å². The third-order valence-electron chi connectivity index (χ3n) is 3.68. The van der Waals surface area contributed by atoms with Gasteiger partial charge >= 0.3 is 0 Å². The summed E-state index contributed by atoms with van der Waals surface area (Å²) in [7, 11) is 0. The number of nitrogens with one attached hydrogen (secondary N) is 3. The number of furan rings is 1. The van der Waals surface area contributed by atoms with Gasteiger partial charge in [-0.05, 0) is 58.0 Å². The Balaban J connectivity index is 1.55. The normalized spacial score (nSPS) is 10.1. The van der Waals surface area contributed by atoms with Gasteiger partial charge in [0.15, 0.2) is 15.5 Å². The lowest BCUT2D eigenvalue weighted by Crippen LogP contribution is -2.48. The van der Waals surface area contributed by atoms with Crippen molar-refractivity contribution in [3.05, 3.63) is 88.3 Å². The number of rotatable bonds is 5. The van der Waals surface area contributed by atoms with Gasteiger partial charge in [0.05, 0.1) is 5.56 Å². The molecule has 3 aromatic rings. The number of carbonyl (C=O) groups excluding carboxylic acids is 2. The second kappa shape index (κ2) is 9.85. The Morgan fingerprint density at radius 2 is 1.66 bits per heavy atom. The van der Waals surface area contributed by atoms with Gasteiger partial charge in [-0.3, -0.25) is 25.8 Å². The van der Waals surface area contributed by atoms with Crippen molar-refractivity contribution >= 4 is 45.1 Å². The van der Waals surface area contributed by atoms with Crippen molar-refractivity contribution < 1.29 is 18.7 Å². The maximum absolute atomic E-state index is 12.5. The van der Waals surface area contributed by atoms with Crippen LogP contribution in [0.2, 0.25) is 0 Å². The largest absolute Gasteiger partial charge is 0.488 e. The van der Waals surface area contributed by atoms with Gasteiger partial charge in [0.25, 0.3) is 11.8 Å². The molecule has 3 N–H and O–H groups in total. The van der Waals surface area contributed by atoms with Crippen LogP contribution in [0.3, 0.4) is 0 Å². The van der Waals surface area contributed by atoms with Crippen LogP contribution in [0.25, 0.3) is 0 Å². The van der Waals surface area contributed by atoms with Crippen LogP contribution in [-0.4, -0.2) is 16.9 Å². The van der Waals surface area contributed by atoms with Crippen LogP contribution in [0.5, 0.6) is 5.75 Å². The maximum Gasteiger partial charge on any atom is 0.293 e. The SMILES string of the molecule is O=C(NC(=S)NNC(=O)c1ccccc1OCc1ccccc1)c1ccc(Br)o1. The zero-order chi connectivity index (χ0) is 20.6. The van der Waals surface area contributed by atoms with Crippen molar-refractivity contribution in [2.24, 2.45) is 0 Å². The highest BCUT2D eigenvalue weighted by Gasteiger charge is 2.15. The van der Waals surface area contributed by atoms with Crippen molar-refractivity contribution in [3.63, 3.8) is 0 Å². The van der Waals surface area contributed by atoms with Crippen LogP contribution in [0, 0.1) is 0 Å². The molecule has 2 aromatic carbocycles. The minimum absolute atomic E-state index is 0.0759. The molecule has 1 heterocycles. The topological polar surface area (TPSA) is 92.6 Å². The van der Waals surface area contributed by atoms with Gasteiger partial charge in [-0.1, -0.05) is 42.5 Å². The van der Waals surface area contributed by atoms with Crippen molar-refractivity contribution in [2.75, 3.05) is 0 Å². The molecule has 0 spiro atoms. The van der Waals surface area contributed by atoms with E-state index < -0.39 is 11.8 Å². The number of amides is 2. The molecule has 0 radical (unpaired) electrons. The zero-order valence-corrected chi connectivity index (χ0v) is 17.4. The van der Waals surface area contributed by atoms with Crippen LogP contribution < -0.4 is 20.9 Å². The molecule has 0 bridgehead atoms. The van der Waals surface area contributed by atoms with Gasteiger partial charge in [0.2, 0.25) is 0 Å². The third-order valence-corrected chi connectivity index (χ3v) is 4.31. The molecular formula is C20H16BrN3O4S. The summed E-state index contributed by atoms with van der Waals surface area (Å²) in [6.45, 7) is 0.325. The van der Waals surface area contributed by atoms with Crippen molar-refractivity contribution in [1.82, 2.24) is 16.2 Å². The van der Waals surface area contributed by atoms with E-state index in [1.54, 1.807) is 30.3 Å². The molecule has 0 aliphatic rings. The van der Waals surface area contributed by atoms with Gasteiger partial charge in [-0.2, -0.15) is 0 Å². The molecular weight excluding hydrogens is 458 g/mol. The molecule has 0 unspecified atom stereocenters. The Morgan fingerprint density at radius 3 is 2.38 bits per heavy atom.